The van der Waals surface area contributed by atoms with Gasteiger partial charge in [0.1, 0.15) is 0 Å². The maximum Gasteiger partial charge on any atom is 0.274 e. The quantitative estimate of drug-likeness (QED) is 0.813. The van der Waals surface area contributed by atoms with Gasteiger partial charge in [-0.05, 0) is 37.0 Å². The summed E-state index contributed by atoms with van der Waals surface area (Å²) in [6, 6.07) is 9.34. The first-order chi connectivity index (χ1) is 13.1. The molecular weight excluding hydrogens is 364 g/mol. The minimum absolute atomic E-state index is 0.0323. The van der Waals surface area contributed by atoms with Crippen LogP contribution in [0.25, 0.3) is 0 Å². The van der Waals surface area contributed by atoms with E-state index in [2.05, 4.69) is 5.10 Å². The molecule has 0 unspecified atom stereocenters. The zero-order valence-corrected chi connectivity index (χ0v) is 16.0. The fraction of sp³-hybridized carbons (Fsp3) is 0.450. The highest BCUT2D eigenvalue weighted by Gasteiger charge is 2.27. The van der Waals surface area contributed by atoms with E-state index in [-0.39, 0.29) is 11.8 Å². The van der Waals surface area contributed by atoms with Crippen molar-refractivity contribution < 1.29 is 9.59 Å². The maximum atomic E-state index is 12.8. The van der Waals surface area contributed by atoms with Crippen molar-refractivity contribution in [1.82, 2.24) is 19.6 Å². The molecular formula is C20H23ClN4O2. The zero-order valence-electron chi connectivity index (χ0n) is 15.2. The third-order valence-electron chi connectivity index (χ3n) is 5.35. The van der Waals surface area contributed by atoms with Gasteiger partial charge in [0.15, 0.2) is 5.69 Å². The molecule has 2 aromatic rings. The molecule has 1 saturated heterocycles. The third kappa shape index (κ3) is 3.86. The zero-order chi connectivity index (χ0) is 18.8. The van der Waals surface area contributed by atoms with Crippen LogP contribution in [-0.4, -0.2) is 57.6 Å². The first kappa shape index (κ1) is 18.0. The molecule has 142 valence electrons. The summed E-state index contributed by atoms with van der Waals surface area (Å²) in [4.78, 5) is 28.9. The topological polar surface area (TPSA) is 58.4 Å². The molecule has 6 nitrogen and oxygen atoms in total. The molecule has 1 aromatic heterocycles. The Bertz CT molecular complexity index is 832. The van der Waals surface area contributed by atoms with Gasteiger partial charge in [-0.15, -0.1) is 0 Å². The van der Waals surface area contributed by atoms with Crippen molar-refractivity contribution in [2.24, 2.45) is 0 Å². The van der Waals surface area contributed by atoms with Crippen LogP contribution < -0.4 is 0 Å². The molecule has 3 heterocycles. The van der Waals surface area contributed by atoms with Crippen molar-refractivity contribution in [2.75, 3.05) is 26.2 Å². The number of benzene rings is 1. The maximum absolute atomic E-state index is 12.8. The van der Waals surface area contributed by atoms with Gasteiger partial charge in [-0.25, -0.2) is 0 Å². The number of amides is 2. The Labute approximate surface area is 163 Å². The second-order valence-corrected chi connectivity index (χ2v) is 7.55. The summed E-state index contributed by atoms with van der Waals surface area (Å²) >= 11 is 6.15. The second kappa shape index (κ2) is 7.72. The number of carbonyl (C=O) groups excluding carboxylic acids is 2. The van der Waals surface area contributed by atoms with Gasteiger partial charge in [-0.2, -0.15) is 5.10 Å². The molecule has 0 bridgehead atoms. The van der Waals surface area contributed by atoms with Crippen molar-refractivity contribution in [3.63, 3.8) is 0 Å². The Hall–Kier alpha value is -2.34. The number of fused-ring (bicyclic) bond motifs is 1. The van der Waals surface area contributed by atoms with Gasteiger partial charge in [0.05, 0.1) is 6.42 Å². The van der Waals surface area contributed by atoms with E-state index in [0.717, 1.165) is 37.1 Å². The highest BCUT2D eigenvalue weighted by molar-refractivity contribution is 6.31. The molecule has 1 fully saturated rings. The van der Waals surface area contributed by atoms with Crippen LogP contribution in [0.2, 0.25) is 5.02 Å². The summed E-state index contributed by atoms with van der Waals surface area (Å²) in [6.45, 7) is 3.06. The highest BCUT2D eigenvalue weighted by Crippen LogP contribution is 2.19. The molecule has 0 saturated carbocycles. The van der Waals surface area contributed by atoms with E-state index in [1.807, 2.05) is 33.8 Å². The summed E-state index contributed by atoms with van der Waals surface area (Å²) in [5.74, 6) is 0.0164. The molecule has 4 rings (SSSR count). The van der Waals surface area contributed by atoms with E-state index in [1.54, 1.807) is 11.0 Å². The standard InChI is InChI=1S/C20H23ClN4O2/c21-17-7-2-1-5-15(17)13-19(26)23-9-11-24(12-10-23)20(27)18-14-16-6-3-4-8-25(16)22-18/h1-2,5,7,14H,3-4,6,8-13H2. The van der Waals surface area contributed by atoms with Gasteiger partial charge in [0.2, 0.25) is 5.91 Å². The average molecular weight is 387 g/mol. The number of rotatable bonds is 3. The first-order valence-electron chi connectivity index (χ1n) is 9.49. The number of piperazine rings is 1. The summed E-state index contributed by atoms with van der Waals surface area (Å²) in [6.07, 6.45) is 3.56. The van der Waals surface area contributed by atoms with E-state index in [1.165, 1.54) is 0 Å². The molecule has 7 heteroatoms. The minimum Gasteiger partial charge on any atom is -0.339 e. The van der Waals surface area contributed by atoms with Gasteiger partial charge in [0, 0.05) is 43.4 Å². The van der Waals surface area contributed by atoms with Crippen LogP contribution in [0.4, 0.5) is 0 Å². The Morgan fingerprint density at radius 2 is 1.74 bits per heavy atom. The molecule has 0 spiro atoms. The molecule has 0 aliphatic carbocycles. The number of carbonyl (C=O) groups is 2. The van der Waals surface area contributed by atoms with Crippen molar-refractivity contribution in [3.05, 3.63) is 52.3 Å². The Balaban J connectivity index is 1.34. The highest BCUT2D eigenvalue weighted by atomic mass is 35.5. The fourth-order valence-electron chi connectivity index (χ4n) is 3.76. The predicted molar refractivity (Wildman–Crippen MR) is 103 cm³/mol. The van der Waals surface area contributed by atoms with E-state index in [4.69, 9.17) is 11.6 Å². The lowest BCUT2D eigenvalue weighted by Gasteiger charge is -2.34. The number of hydrogen-bond donors (Lipinski definition) is 0. The lowest BCUT2D eigenvalue weighted by Crippen LogP contribution is -2.51. The first-order valence-corrected chi connectivity index (χ1v) is 9.87. The normalized spacial score (nSPS) is 16.9. The fourth-order valence-corrected chi connectivity index (χ4v) is 3.96. The summed E-state index contributed by atoms with van der Waals surface area (Å²) in [5, 5.41) is 5.09. The van der Waals surface area contributed by atoms with Crippen LogP contribution in [0.3, 0.4) is 0 Å². The van der Waals surface area contributed by atoms with Gasteiger partial charge in [-0.3, -0.25) is 14.3 Å². The smallest absolute Gasteiger partial charge is 0.274 e. The summed E-state index contributed by atoms with van der Waals surface area (Å²) < 4.78 is 1.96. The number of nitrogens with zero attached hydrogens (tertiary/aromatic N) is 4. The van der Waals surface area contributed by atoms with Crippen molar-refractivity contribution in [3.8, 4) is 0 Å². The third-order valence-corrected chi connectivity index (χ3v) is 5.72. The lowest BCUT2D eigenvalue weighted by atomic mass is 10.1. The van der Waals surface area contributed by atoms with E-state index in [0.29, 0.717) is 43.3 Å². The number of hydrogen-bond acceptors (Lipinski definition) is 3. The monoisotopic (exact) mass is 386 g/mol. The molecule has 1 aromatic carbocycles. The van der Waals surface area contributed by atoms with Crippen LogP contribution in [0.5, 0.6) is 0 Å². The van der Waals surface area contributed by atoms with Gasteiger partial charge in [-0.1, -0.05) is 29.8 Å². The van der Waals surface area contributed by atoms with Crippen LogP contribution in [0.1, 0.15) is 34.6 Å². The van der Waals surface area contributed by atoms with Crippen LogP contribution in [0.15, 0.2) is 30.3 Å². The van der Waals surface area contributed by atoms with Crippen molar-refractivity contribution >= 4 is 23.4 Å². The van der Waals surface area contributed by atoms with Gasteiger partial charge in [0.25, 0.3) is 5.91 Å². The van der Waals surface area contributed by atoms with Crippen molar-refractivity contribution in [1.29, 1.82) is 0 Å². The molecule has 0 radical (unpaired) electrons. The minimum atomic E-state index is -0.0323. The molecule has 2 amide bonds. The van der Waals surface area contributed by atoms with E-state index < -0.39 is 0 Å². The van der Waals surface area contributed by atoms with Gasteiger partial charge >= 0.3 is 0 Å². The number of aromatic nitrogens is 2. The molecule has 2 aliphatic heterocycles. The lowest BCUT2D eigenvalue weighted by molar-refractivity contribution is -0.131. The molecule has 0 atom stereocenters. The largest absolute Gasteiger partial charge is 0.339 e. The summed E-state index contributed by atoms with van der Waals surface area (Å²) in [7, 11) is 0. The van der Waals surface area contributed by atoms with E-state index >= 15 is 0 Å². The second-order valence-electron chi connectivity index (χ2n) is 7.14. The Morgan fingerprint density at radius 3 is 2.48 bits per heavy atom. The molecule has 2 aliphatic rings. The molecule has 27 heavy (non-hydrogen) atoms. The van der Waals surface area contributed by atoms with Gasteiger partial charge < -0.3 is 9.80 Å². The Morgan fingerprint density at radius 1 is 1.00 bits per heavy atom. The average Bonchev–Trinajstić information content (AvgIpc) is 3.13. The SMILES string of the molecule is O=C(Cc1ccccc1Cl)N1CCN(C(=O)c2cc3n(n2)CCCC3)CC1. The van der Waals surface area contributed by atoms with Crippen molar-refractivity contribution in [2.45, 2.75) is 32.2 Å². The number of aryl methyl sites for hydroxylation is 2. The Kier molecular flexibility index (Phi) is 5.16. The van der Waals surface area contributed by atoms with Crippen LogP contribution in [0, 0.1) is 0 Å². The summed E-state index contributed by atoms with van der Waals surface area (Å²) in [5.41, 5.74) is 2.52. The molecule has 0 N–H and O–H groups in total. The number of halogens is 1. The van der Waals surface area contributed by atoms with Crippen LogP contribution >= 0.6 is 11.6 Å². The van der Waals surface area contributed by atoms with E-state index in [9.17, 15) is 9.59 Å². The predicted octanol–water partition coefficient (Wildman–Crippen LogP) is 2.40. The van der Waals surface area contributed by atoms with Crippen LogP contribution in [-0.2, 0) is 24.2 Å².